The smallest absolute Gasteiger partial charge is 0.0158 e. The molecule has 0 aromatic rings. The van der Waals surface area contributed by atoms with E-state index in [0.717, 1.165) is 18.9 Å². The summed E-state index contributed by atoms with van der Waals surface area (Å²) in [4.78, 5) is 0. The van der Waals surface area contributed by atoms with E-state index in [1.165, 1.54) is 30.8 Å². The van der Waals surface area contributed by atoms with E-state index in [9.17, 15) is 0 Å². The van der Waals surface area contributed by atoms with Crippen molar-refractivity contribution in [3.8, 4) is 0 Å². The van der Waals surface area contributed by atoms with Gasteiger partial charge in [-0.2, -0.15) is 11.8 Å². The van der Waals surface area contributed by atoms with Gasteiger partial charge in [0.25, 0.3) is 0 Å². The van der Waals surface area contributed by atoms with Gasteiger partial charge in [0.05, 0.1) is 0 Å². The molecule has 0 aliphatic rings. The minimum Gasteiger partial charge on any atom is -0.313 e. The number of allylic oxidation sites excluding steroid dienone is 1. The standard InChI is InChI=1S/C14H29NS/c1-5-7-8-9-14(15-10-6-2)12-16-11-13(3)4/h5,13-15H,1,6-12H2,2-4H3. The van der Waals surface area contributed by atoms with Crippen LogP contribution in [-0.4, -0.2) is 24.1 Å². The predicted molar refractivity (Wildman–Crippen MR) is 78.3 cm³/mol. The Morgan fingerprint density at radius 3 is 2.62 bits per heavy atom. The zero-order chi connectivity index (χ0) is 12.2. The van der Waals surface area contributed by atoms with Crippen molar-refractivity contribution < 1.29 is 0 Å². The van der Waals surface area contributed by atoms with Crippen molar-refractivity contribution in [1.82, 2.24) is 5.32 Å². The summed E-state index contributed by atoms with van der Waals surface area (Å²) in [6, 6.07) is 0.698. The molecular formula is C14H29NS. The summed E-state index contributed by atoms with van der Waals surface area (Å²) in [6.45, 7) is 11.7. The summed E-state index contributed by atoms with van der Waals surface area (Å²) in [5.41, 5.74) is 0. The molecule has 0 bridgehead atoms. The molecule has 0 saturated carbocycles. The van der Waals surface area contributed by atoms with Crippen LogP contribution in [0, 0.1) is 5.92 Å². The van der Waals surface area contributed by atoms with Gasteiger partial charge >= 0.3 is 0 Å². The van der Waals surface area contributed by atoms with Crippen molar-refractivity contribution in [3.63, 3.8) is 0 Å². The van der Waals surface area contributed by atoms with Crippen molar-refractivity contribution in [2.75, 3.05) is 18.1 Å². The molecular weight excluding hydrogens is 214 g/mol. The third-order valence-electron chi connectivity index (χ3n) is 2.41. The summed E-state index contributed by atoms with van der Waals surface area (Å²) >= 11 is 2.09. The van der Waals surface area contributed by atoms with Gasteiger partial charge in [-0.3, -0.25) is 0 Å². The molecule has 0 aliphatic heterocycles. The monoisotopic (exact) mass is 243 g/mol. The van der Waals surface area contributed by atoms with Crippen LogP contribution in [0.25, 0.3) is 0 Å². The maximum atomic E-state index is 3.78. The molecule has 0 amide bonds. The van der Waals surface area contributed by atoms with Crippen LogP contribution in [0.5, 0.6) is 0 Å². The Labute approximate surface area is 106 Å². The van der Waals surface area contributed by atoms with E-state index in [4.69, 9.17) is 0 Å². The third kappa shape index (κ3) is 10.6. The number of nitrogens with one attached hydrogen (secondary N) is 1. The highest BCUT2D eigenvalue weighted by Crippen LogP contribution is 2.12. The lowest BCUT2D eigenvalue weighted by Gasteiger charge is -2.18. The first-order valence-electron chi connectivity index (χ1n) is 6.62. The van der Waals surface area contributed by atoms with Crippen LogP contribution in [0.2, 0.25) is 0 Å². The second-order valence-electron chi connectivity index (χ2n) is 4.80. The molecule has 1 N–H and O–H groups in total. The normalized spacial score (nSPS) is 13.0. The predicted octanol–water partition coefficient (Wildman–Crippen LogP) is 4.10. The molecule has 1 nitrogen and oxygen atoms in total. The fraction of sp³-hybridized carbons (Fsp3) is 0.857. The average Bonchev–Trinajstić information content (AvgIpc) is 2.25. The van der Waals surface area contributed by atoms with Gasteiger partial charge in [0.1, 0.15) is 0 Å². The Balaban J connectivity index is 3.66. The van der Waals surface area contributed by atoms with E-state index in [1.54, 1.807) is 0 Å². The first-order valence-corrected chi connectivity index (χ1v) is 7.78. The molecule has 0 heterocycles. The zero-order valence-corrected chi connectivity index (χ0v) is 12.1. The summed E-state index contributed by atoms with van der Waals surface area (Å²) < 4.78 is 0. The molecule has 0 spiro atoms. The number of hydrogen-bond acceptors (Lipinski definition) is 2. The van der Waals surface area contributed by atoms with Gasteiger partial charge in [-0.1, -0.05) is 26.8 Å². The Bertz CT molecular complexity index is 157. The molecule has 1 atom stereocenters. The highest BCUT2D eigenvalue weighted by atomic mass is 32.2. The quantitative estimate of drug-likeness (QED) is 0.433. The summed E-state index contributed by atoms with van der Waals surface area (Å²) in [5.74, 6) is 3.35. The topological polar surface area (TPSA) is 12.0 Å². The van der Waals surface area contributed by atoms with Gasteiger partial charge < -0.3 is 5.32 Å². The van der Waals surface area contributed by atoms with E-state index in [-0.39, 0.29) is 0 Å². The van der Waals surface area contributed by atoms with Gasteiger partial charge in [0.15, 0.2) is 0 Å². The Morgan fingerprint density at radius 2 is 2.06 bits per heavy atom. The summed E-state index contributed by atoms with van der Waals surface area (Å²) in [5, 5.41) is 3.65. The van der Waals surface area contributed by atoms with E-state index in [0.29, 0.717) is 6.04 Å². The molecule has 0 aromatic heterocycles. The molecule has 2 heteroatoms. The van der Waals surface area contributed by atoms with Crippen LogP contribution in [0.3, 0.4) is 0 Å². The third-order valence-corrected chi connectivity index (χ3v) is 3.95. The molecule has 0 aliphatic carbocycles. The second-order valence-corrected chi connectivity index (χ2v) is 5.88. The van der Waals surface area contributed by atoms with E-state index < -0.39 is 0 Å². The van der Waals surface area contributed by atoms with E-state index >= 15 is 0 Å². The minimum absolute atomic E-state index is 0.698. The van der Waals surface area contributed by atoms with Crippen molar-refractivity contribution >= 4 is 11.8 Å². The van der Waals surface area contributed by atoms with Gasteiger partial charge in [-0.15, -0.1) is 6.58 Å². The molecule has 0 aromatic carbocycles. The number of rotatable bonds is 11. The molecule has 1 unspecified atom stereocenters. The maximum Gasteiger partial charge on any atom is 0.0158 e. The summed E-state index contributed by atoms with van der Waals surface area (Å²) in [7, 11) is 0. The largest absolute Gasteiger partial charge is 0.313 e. The van der Waals surface area contributed by atoms with Gasteiger partial charge in [-0.25, -0.2) is 0 Å². The SMILES string of the molecule is C=CCCCC(CSCC(C)C)NCCC. The van der Waals surface area contributed by atoms with Crippen LogP contribution < -0.4 is 5.32 Å². The second kappa shape index (κ2) is 11.5. The first-order chi connectivity index (χ1) is 7.70. The number of unbranched alkanes of at least 4 members (excludes halogenated alkanes) is 1. The molecule has 0 rings (SSSR count). The Morgan fingerprint density at radius 1 is 1.31 bits per heavy atom. The molecule has 0 fully saturated rings. The average molecular weight is 243 g/mol. The van der Waals surface area contributed by atoms with Crippen LogP contribution in [0.15, 0.2) is 12.7 Å². The molecule has 0 radical (unpaired) electrons. The summed E-state index contributed by atoms with van der Waals surface area (Å²) in [6.07, 6.45) is 6.97. The fourth-order valence-electron chi connectivity index (χ4n) is 1.55. The minimum atomic E-state index is 0.698. The van der Waals surface area contributed by atoms with E-state index in [2.05, 4.69) is 44.4 Å². The molecule has 0 saturated heterocycles. The highest BCUT2D eigenvalue weighted by molar-refractivity contribution is 7.99. The fourth-order valence-corrected chi connectivity index (χ4v) is 2.72. The van der Waals surface area contributed by atoms with Crippen molar-refractivity contribution in [3.05, 3.63) is 12.7 Å². The van der Waals surface area contributed by atoms with Gasteiger partial charge in [0, 0.05) is 11.8 Å². The van der Waals surface area contributed by atoms with Gasteiger partial charge in [-0.05, 0) is 43.9 Å². The van der Waals surface area contributed by atoms with Crippen molar-refractivity contribution in [2.24, 2.45) is 5.92 Å². The number of thioether (sulfide) groups is 1. The first kappa shape index (κ1) is 16.1. The molecule has 16 heavy (non-hydrogen) atoms. The van der Waals surface area contributed by atoms with E-state index in [1.807, 2.05) is 6.08 Å². The lowest BCUT2D eigenvalue weighted by atomic mass is 10.1. The number of hydrogen-bond donors (Lipinski definition) is 1. The van der Waals surface area contributed by atoms with Crippen LogP contribution >= 0.6 is 11.8 Å². The molecule has 96 valence electrons. The lowest BCUT2D eigenvalue weighted by Crippen LogP contribution is -2.32. The zero-order valence-electron chi connectivity index (χ0n) is 11.3. The van der Waals surface area contributed by atoms with Crippen LogP contribution in [-0.2, 0) is 0 Å². The van der Waals surface area contributed by atoms with Crippen LogP contribution in [0.1, 0.15) is 46.5 Å². The van der Waals surface area contributed by atoms with Crippen molar-refractivity contribution in [1.29, 1.82) is 0 Å². The lowest BCUT2D eigenvalue weighted by molar-refractivity contribution is 0.506. The van der Waals surface area contributed by atoms with Crippen molar-refractivity contribution in [2.45, 2.75) is 52.5 Å². The van der Waals surface area contributed by atoms with Gasteiger partial charge in [0.2, 0.25) is 0 Å². The van der Waals surface area contributed by atoms with Crippen LogP contribution in [0.4, 0.5) is 0 Å². The maximum absolute atomic E-state index is 3.78. The Kier molecular flexibility index (Phi) is 11.6. The Hall–Kier alpha value is 0.0500. The highest BCUT2D eigenvalue weighted by Gasteiger charge is 2.07.